The summed E-state index contributed by atoms with van der Waals surface area (Å²) in [4.78, 5) is 14.2. The molecule has 0 saturated carbocycles. The zero-order valence-corrected chi connectivity index (χ0v) is 13.5. The molecule has 0 aliphatic carbocycles. The number of amides is 1. The van der Waals surface area contributed by atoms with Gasteiger partial charge in [0.05, 0.1) is 6.42 Å². The number of fused-ring (bicyclic) bond motifs is 1. The molecule has 0 aromatic heterocycles. The fourth-order valence-electron chi connectivity index (χ4n) is 2.98. The lowest BCUT2D eigenvalue weighted by Crippen LogP contribution is -2.44. The van der Waals surface area contributed by atoms with E-state index in [9.17, 15) is 4.79 Å². The van der Waals surface area contributed by atoms with E-state index < -0.39 is 0 Å². The Morgan fingerprint density at radius 1 is 1.35 bits per heavy atom. The highest BCUT2D eigenvalue weighted by molar-refractivity contribution is 9.09. The van der Waals surface area contributed by atoms with Crippen molar-refractivity contribution in [3.63, 3.8) is 0 Å². The molecule has 0 atom stereocenters. The summed E-state index contributed by atoms with van der Waals surface area (Å²) in [5.41, 5.74) is 2.17. The predicted molar refractivity (Wildman–Crippen MR) is 83.8 cm³/mol. The quantitative estimate of drug-likeness (QED) is 0.775. The third kappa shape index (κ3) is 2.61. The minimum Gasteiger partial charge on any atom is -0.381 e. The van der Waals surface area contributed by atoms with Gasteiger partial charge in [0, 0.05) is 41.2 Å². The summed E-state index contributed by atoms with van der Waals surface area (Å²) in [5.74, 6) is 0.175. The summed E-state index contributed by atoms with van der Waals surface area (Å²) in [5, 5.41) is 1.58. The summed E-state index contributed by atoms with van der Waals surface area (Å²) < 4.78 is 5.46. The van der Waals surface area contributed by atoms with E-state index in [4.69, 9.17) is 16.3 Å². The Morgan fingerprint density at radius 2 is 2.10 bits per heavy atom. The van der Waals surface area contributed by atoms with E-state index in [1.165, 1.54) is 0 Å². The van der Waals surface area contributed by atoms with Gasteiger partial charge in [0.2, 0.25) is 5.91 Å². The number of anilines is 1. The van der Waals surface area contributed by atoms with E-state index in [1.807, 2.05) is 23.1 Å². The minimum absolute atomic E-state index is 0.109. The average molecular weight is 359 g/mol. The van der Waals surface area contributed by atoms with Crippen molar-refractivity contribution in [2.24, 2.45) is 5.41 Å². The van der Waals surface area contributed by atoms with Gasteiger partial charge in [-0.3, -0.25) is 4.79 Å². The smallest absolute Gasteiger partial charge is 0.231 e. The van der Waals surface area contributed by atoms with Gasteiger partial charge in [0.25, 0.3) is 0 Å². The van der Waals surface area contributed by atoms with Crippen LogP contribution >= 0.6 is 27.5 Å². The second-order valence-electron chi connectivity index (χ2n) is 5.68. The maximum atomic E-state index is 12.3. The number of alkyl halides is 1. The summed E-state index contributed by atoms with van der Waals surface area (Å²) in [7, 11) is 0. The maximum absolute atomic E-state index is 12.3. The van der Waals surface area contributed by atoms with Crippen LogP contribution in [0, 0.1) is 5.41 Å². The van der Waals surface area contributed by atoms with Crippen molar-refractivity contribution in [1.29, 1.82) is 0 Å². The summed E-state index contributed by atoms with van der Waals surface area (Å²) in [6, 6.07) is 5.72. The van der Waals surface area contributed by atoms with Crippen LogP contribution in [0.15, 0.2) is 18.2 Å². The SMILES string of the molecule is O=C1Cc2ccc(Cl)cc2N1CC1(CBr)CCOCC1. The summed E-state index contributed by atoms with van der Waals surface area (Å²) in [6.45, 7) is 2.29. The standard InChI is InChI=1S/C15H17BrClNO2/c16-9-15(3-5-20-6-4-15)10-18-13-8-12(17)2-1-11(13)7-14(18)19/h1-2,8H,3-7,9-10H2. The van der Waals surface area contributed by atoms with Gasteiger partial charge in [-0.25, -0.2) is 0 Å². The zero-order valence-electron chi connectivity index (χ0n) is 11.2. The molecule has 1 fully saturated rings. The van der Waals surface area contributed by atoms with Crippen molar-refractivity contribution in [3.8, 4) is 0 Å². The number of hydrogen-bond acceptors (Lipinski definition) is 2. The van der Waals surface area contributed by atoms with Gasteiger partial charge in [0.1, 0.15) is 0 Å². The Balaban J connectivity index is 1.87. The largest absolute Gasteiger partial charge is 0.381 e. The molecule has 1 amide bonds. The molecule has 0 radical (unpaired) electrons. The summed E-state index contributed by atoms with van der Waals surface area (Å²) >= 11 is 9.71. The first kappa shape index (κ1) is 14.4. The molecule has 1 saturated heterocycles. The van der Waals surface area contributed by atoms with Gasteiger partial charge in [-0.2, -0.15) is 0 Å². The third-order valence-electron chi connectivity index (χ3n) is 4.31. The fraction of sp³-hybridized carbons (Fsp3) is 0.533. The van der Waals surface area contributed by atoms with Crippen LogP contribution in [0.3, 0.4) is 0 Å². The molecule has 0 unspecified atom stereocenters. The Labute approximate surface area is 132 Å². The van der Waals surface area contributed by atoms with Gasteiger partial charge < -0.3 is 9.64 Å². The first-order valence-electron chi connectivity index (χ1n) is 6.86. The number of rotatable bonds is 3. The van der Waals surface area contributed by atoms with E-state index in [0.717, 1.165) is 49.2 Å². The molecular formula is C15H17BrClNO2. The van der Waals surface area contributed by atoms with Crippen molar-refractivity contribution in [3.05, 3.63) is 28.8 Å². The Bertz CT molecular complexity index is 529. The van der Waals surface area contributed by atoms with Crippen LogP contribution in [-0.2, 0) is 16.0 Å². The first-order chi connectivity index (χ1) is 9.63. The minimum atomic E-state index is 0.109. The lowest BCUT2D eigenvalue weighted by atomic mass is 9.82. The lowest BCUT2D eigenvalue weighted by Gasteiger charge is -2.38. The number of nitrogens with zero attached hydrogens (tertiary/aromatic N) is 1. The second kappa shape index (κ2) is 5.66. The number of hydrogen-bond donors (Lipinski definition) is 0. The summed E-state index contributed by atoms with van der Waals surface area (Å²) in [6.07, 6.45) is 2.46. The van der Waals surface area contributed by atoms with Gasteiger partial charge in [-0.15, -0.1) is 0 Å². The molecule has 20 heavy (non-hydrogen) atoms. The average Bonchev–Trinajstić information content (AvgIpc) is 2.76. The molecule has 0 bridgehead atoms. The van der Waals surface area contributed by atoms with Crippen LogP contribution in [0.1, 0.15) is 18.4 Å². The molecule has 1 aromatic rings. The van der Waals surface area contributed by atoms with Crippen molar-refractivity contribution < 1.29 is 9.53 Å². The van der Waals surface area contributed by atoms with Crippen LogP contribution < -0.4 is 4.90 Å². The topological polar surface area (TPSA) is 29.5 Å². The van der Waals surface area contributed by atoms with Gasteiger partial charge in [-0.1, -0.05) is 33.6 Å². The lowest BCUT2D eigenvalue weighted by molar-refractivity contribution is -0.117. The van der Waals surface area contributed by atoms with E-state index in [1.54, 1.807) is 0 Å². The van der Waals surface area contributed by atoms with Crippen molar-refractivity contribution >= 4 is 39.1 Å². The molecule has 3 rings (SSSR count). The highest BCUT2D eigenvalue weighted by atomic mass is 79.9. The van der Waals surface area contributed by atoms with Crippen LogP contribution in [0.5, 0.6) is 0 Å². The number of benzene rings is 1. The van der Waals surface area contributed by atoms with Crippen LogP contribution in [0.2, 0.25) is 5.02 Å². The van der Waals surface area contributed by atoms with Crippen LogP contribution in [0.25, 0.3) is 0 Å². The highest BCUT2D eigenvalue weighted by Crippen LogP contribution is 2.38. The number of ether oxygens (including phenoxy) is 1. The molecule has 108 valence electrons. The van der Waals surface area contributed by atoms with Crippen LogP contribution in [-0.4, -0.2) is 31.0 Å². The number of carbonyl (C=O) groups excluding carboxylic acids is 1. The zero-order chi connectivity index (χ0) is 14.2. The first-order valence-corrected chi connectivity index (χ1v) is 8.36. The van der Waals surface area contributed by atoms with Gasteiger partial charge >= 0.3 is 0 Å². The molecule has 0 spiro atoms. The highest BCUT2D eigenvalue weighted by Gasteiger charge is 2.38. The predicted octanol–water partition coefficient (Wildman–Crippen LogP) is 3.42. The Morgan fingerprint density at radius 3 is 2.80 bits per heavy atom. The molecule has 2 aliphatic rings. The van der Waals surface area contributed by atoms with E-state index >= 15 is 0 Å². The monoisotopic (exact) mass is 357 g/mol. The molecule has 1 aromatic carbocycles. The molecule has 2 heterocycles. The third-order valence-corrected chi connectivity index (χ3v) is 5.74. The Hall–Kier alpha value is -0.580. The fourth-order valence-corrected chi connectivity index (χ4v) is 3.88. The molecule has 2 aliphatic heterocycles. The molecule has 0 N–H and O–H groups in total. The van der Waals surface area contributed by atoms with Crippen LogP contribution in [0.4, 0.5) is 5.69 Å². The van der Waals surface area contributed by atoms with E-state index in [2.05, 4.69) is 15.9 Å². The maximum Gasteiger partial charge on any atom is 0.231 e. The molecular weight excluding hydrogens is 342 g/mol. The normalized spacial score (nSPS) is 21.1. The molecule has 5 heteroatoms. The molecule has 3 nitrogen and oxygen atoms in total. The van der Waals surface area contributed by atoms with E-state index in [-0.39, 0.29) is 11.3 Å². The Kier molecular flexibility index (Phi) is 4.07. The number of carbonyl (C=O) groups is 1. The second-order valence-corrected chi connectivity index (χ2v) is 6.67. The van der Waals surface area contributed by atoms with Gasteiger partial charge in [-0.05, 0) is 30.5 Å². The van der Waals surface area contributed by atoms with Crippen molar-refractivity contribution in [2.75, 3.05) is 30.0 Å². The number of halogens is 2. The van der Waals surface area contributed by atoms with Crippen molar-refractivity contribution in [1.82, 2.24) is 0 Å². The van der Waals surface area contributed by atoms with E-state index in [0.29, 0.717) is 11.4 Å². The van der Waals surface area contributed by atoms with Gasteiger partial charge in [0.15, 0.2) is 0 Å². The van der Waals surface area contributed by atoms with Crippen molar-refractivity contribution in [2.45, 2.75) is 19.3 Å².